The molecule has 0 atom stereocenters. The summed E-state index contributed by atoms with van der Waals surface area (Å²) >= 11 is 0. The number of nitro groups is 1. The second kappa shape index (κ2) is 7.74. The molecule has 158 valence electrons. The van der Waals surface area contributed by atoms with Crippen LogP contribution in [0.15, 0.2) is 36.4 Å². The van der Waals surface area contributed by atoms with Crippen molar-refractivity contribution in [3.05, 3.63) is 57.6 Å². The van der Waals surface area contributed by atoms with Crippen LogP contribution in [0.4, 0.5) is 16.2 Å². The molecule has 0 aliphatic carbocycles. The monoisotopic (exact) mass is 426 g/mol. The Bertz CT molecular complexity index is 1150. The summed E-state index contributed by atoms with van der Waals surface area (Å²) in [6, 6.07) is 7.38. The maximum atomic E-state index is 12.5. The smallest absolute Gasteiger partial charge is 0.325 e. The minimum absolute atomic E-state index is 0.173. The van der Waals surface area contributed by atoms with Gasteiger partial charge in [0, 0.05) is 17.8 Å². The molecule has 2 aliphatic heterocycles. The molecule has 2 aliphatic rings. The average Bonchev–Trinajstić information content (AvgIpc) is 2.98. The van der Waals surface area contributed by atoms with Crippen molar-refractivity contribution < 1.29 is 33.6 Å². The first-order valence-corrected chi connectivity index (χ1v) is 8.99. The first-order valence-electron chi connectivity index (χ1n) is 8.99. The van der Waals surface area contributed by atoms with Crippen molar-refractivity contribution in [2.75, 3.05) is 25.1 Å². The van der Waals surface area contributed by atoms with E-state index in [0.717, 1.165) is 6.07 Å². The molecule has 2 heterocycles. The van der Waals surface area contributed by atoms with Crippen molar-refractivity contribution in [3.63, 3.8) is 0 Å². The summed E-state index contributed by atoms with van der Waals surface area (Å²) in [5.74, 6) is -1.83. The molecule has 0 saturated carbocycles. The van der Waals surface area contributed by atoms with E-state index in [1.165, 1.54) is 18.2 Å². The maximum absolute atomic E-state index is 12.5. The van der Waals surface area contributed by atoms with Gasteiger partial charge in [0.25, 0.3) is 17.5 Å². The van der Waals surface area contributed by atoms with Crippen LogP contribution in [-0.2, 0) is 4.79 Å². The zero-order chi connectivity index (χ0) is 22.1. The van der Waals surface area contributed by atoms with E-state index in [9.17, 15) is 29.3 Å². The van der Waals surface area contributed by atoms with E-state index < -0.39 is 40.9 Å². The van der Waals surface area contributed by atoms with Crippen molar-refractivity contribution in [3.8, 4) is 11.5 Å². The molecule has 5 amide bonds. The molecule has 0 radical (unpaired) electrons. The number of nitrogens with one attached hydrogen (secondary N) is 2. The Labute approximate surface area is 173 Å². The van der Waals surface area contributed by atoms with E-state index >= 15 is 0 Å². The Kier molecular flexibility index (Phi) is 4.95. The van der Waals surface area contributed by atoms with Crippen molar-refractivity contribution in [1.29, 1.82) is 0 Å². The summed E-state index contributed by atoms with van der Waals surface area (Å²) in [7, 11) is 0. The van der Waals surface area contributed by atoms with Crippen molar-refractivity contribution >= 4 is 35.1 Å². The summed E-state index contributed by atoms with van der Waals surface area (Å²) in [5.41, 5.74) is -0.764. The topological polar surface area (TPSA) is 157 Å². The summed E-state index contributed by atoms with van der Waals surface area (Å²) in [6.45, 7) is -0.00658. The third-order valence-electron chi connectivity index (χ3n) is 4.53. The van der Waals surface area contributed by atoms with Crippen LogP contribution in [0.25, 0.3) is 0 Å². The number of ether oxygens (including phenoxy) is 2. The summed E-state index contributed by atoms with van der Waals surface area (Å²) in [5, 5.41) is 15.6. The lowest BCUT2D eigenvalue weighted by Gasteiger charge is -2.19. The van der Waals surface area contributed by atoms with Gasteiger partial charge in [0.05, 0.1) is 10.5 Å². The van der Waals surface area contributed by atoms with Gasteiger partial charge < -0.3 is 14.8 Å². The van der Waals surface area contributed by atoms with Crippen molar-refractivity contribution in [2.24, 2.45) is 0 Å². The highest BCUT2D eigenvalue weighted by atomic mass is 16.6. The lowest BCUT2D eigenvalue weighted by Crippen LogP contribution is -2.43. The number of amides is 5. The molecular formula is C19H14N4O8. The number of nitro benzene ring substituents is 1. The van der Waals surface area contributed by atoms with Crippen LogP contribution in [0.2, 0.25) is 0 Å². The van der Waals surface area contributed by atoms with Crippen LogP contribution in [0, 0.1) is 10.1 Å². The number of rotatable bonds is 4. The predicted octanol–water partition coefficient (Wildman–Crippen LogP) is 1.31. The first kappa shape index (κ1) is 19.8. The fourth-order valence-electron chi connectivity index (χ4n) is 3.20. The van der Waals surface area contributed by atoms with Gasteiger partial charge in [0.15, 0.2) is 11.5 Å². The highest BCUT2D eigenvalue weighted by Crippen LogP contribution is 2.33. The van der Waals surface area contributed by atoms with Gasteiger partial charge in [-0.1, -0.05) is 6.07 Å². The molecule has 0 aromatic heterocycles. The highest BCUT2D eigenvalue weighted by molar-refractivity contribution is 6.24. The van der Waals surface area contributed by atoms with Gasteiger partial charge in [-0.05, 0) is 18.2 Å². The second-order valence-corrected chi connectivity index (χ2v) is 6.51. The molecule has 0 bridgehead atoms. The van der Waals surface area contributed by atoms with Gasteiger partial charge in [-0.3, -0.25) is 34.7 Å². The van der Waals surface area contributed by atoms with Gasteiger partial charge in [0.1, 0.15) is 25.3 Å². The number of hydrogen-bond acceptors (Lipinski definition) is 8. The van der Waals surface area contributed by atoms with E-state index in [0.29, 0.717) is 35.3 Å². The molecule has 4 rings (SSSR count). The number of fused-ring (bicyclic) bond motifs is 2. The molecule has 31 heavy (non-hydrogen) atoms. The van der Waals surface area contributed by atoms with Crippen LogP contribution in [0.1, 0.15) is 20.7 Å². The Morgan fingerprint density at radius 3 is 2.55 bits per heavy atom. The SMILES string of the molecule is O=C(CN1C(=O)c2cccc([N+](=O)[O-])c2C1=O)NC(=O)Nc1ccc2c(c1)OCCO2. The van der Waals surface area contributed by atoms with Crippen LogP contribution in [0.5, 0.6) is 11.5 Å². The van der Waals surface area contributed by atoms with E-state index in [2.05, 4.69) is 5.32 Å². The number of imide groups is 2. The second-order valence-electron chi connectivity index (χ2n) is 6.51. The summed E-state index contributed by atoms with van der Waals surface area (Å²) < 4.78 is 10.8. The van der Waals surface area contributed by atoms with Gasteiger partial charge in [-0.2, -0.15) is 0 Å². The minimum atomic E-state index is -0.977. The van der Waals surface area contributed by atoms with Gasteiger partial charge >= 0.3 is 6.03 Å². The largest absolute Gasteiger partial charge is 0.486 e. The van der Waals surface area contributed by atoms with E-state index in [-0.39, 0.29) is 11.1 Å². The number of nitrogens with zero attached hydrogens (tertiary/aromatic N) is 2. The molecular weight excluding hydrogens is 412 g/mol. The molecule has 2 aromatic rings. The van der Waals surface area contributed by atoms with Gasteiger partial charge in [-0.15, -0.1) is 0 Å². The Morgan fingerprint density at radius 1 is 1.06 bits per heavy atom. The zero-order valence-electron chi connectivity index (χ0n) is 15.7. The van der Waals surface area contributed by atoms with Crippen molar-refractivity contribution in [1.82, 2.24) is 10.2 Å². The van der Waals surface area contributed by atoms with Crippen LogP contribution in [0.3, 0.4) is 0 Å². The van der Waals surface area contributed by atoms with Crippen molar-refractivity contribution in [2.45, 2.75) is 0 Å². The number of urea groups is 1. The zero-order valence-corrected chi connectivity index (χ0v) is 15.7. The fourth-order valence-corrected chi connectivity index (χ4v) is 3.20. The summed E-state index contributed by atoms with van der Waals surface area (Å²) in [4.78, 5) is 60.1. The Balaban J connectivity index is 1.40. The third-order valence-corrected chi connectivity index (χ3v) is 4.53. The minimum Gasteiger partial charge on any atom is -0.486 e. The molecule has 2 N–H and O–H groups in total. The molecule has 2 aromatic carbocycles. The molecule has 12 heteroatoms. The average molecular weight is 426 g/mol. The van der Waals surface area contributed by atoms with Crippen LogP contribution in [-0.4, -0.2) is 53.3 Å². The standard InChI is InChI=1S/C19H14N4O8/c24-15(21-19(27)20-10-4-5-13-14(8-10)31-7-6-30-13)9-22-17(25)11-2-1-3-12(23(28)29)16(11)18(22)26/h1-5,8H,6-7,9H2,(H2,20,21,24,27). The van der Waals surface area contributed by atoms with Gasteiger partial charge in [0.2, 0.25) is 5.91 Å². The lowest BCUT2D eigenvalue weighted by molar-refractivity contribution is -0.385. The first-order chi connectivity index (χ1) is 14.8. The molecule has 0 unspecified atom stereocenters. The summed E-state index contributed by atoms with van der Waals surface area (Å²) in [6.07, 6.45) is 0. The third kappa shape index (κ3) is 3.73. The molecule has 0 fully saturated rings. The fraction of sp³-hybridized carbons (Fsp3) is 0.158. The number of hydrogen-bond donors (Lipinski definition) is 2. The van der Waals surface area contributed by atoms with Crippen LogP contribution >= 0.6 is 0 Å². The van der Waals surface area contributed by atoms with Gasteiger partial charge in [-0.25, -0.2) is 4.79 Å². The normalized spacial score (nSPS) is 14.1. The van der Waals surface area contributed by atoms with E-state index in [1.807, 2.05) is 5.32 Å². The Hall–Kier alpha value is -4.48. The Morgan fingerprint density at radius 2 is 1.81 bits per heavy atom. The molecule has 0 spiro atoms. The van der Waals surface area contributed by atoms with Crippen LogP contribution < -0.4 is 20.1 Å². The predicted molar refractivity (Wildman–Crippen MR) is 103 cm³/mol. The number of anilines is 1. The van der Waals surface area contributed by atoms with E-state index in [4.69, 9.17) is 9.47 Å². The maximum Gasteiger partial charge on any atom is 0.325 e. The quantitative estimate of drug-likeness (QED) is 0.421. The van der Waals surface area contributed by atoms with E-state index in [1.54, 1.807) is 12.1 Å². The number of benzene rings is 2. The molecule has 12 nitrogen and oxygen atoms in total. The molecule has 0 saturated heterocycles. The highest BCUT2D eigenvalue weighted by Gasteiger charge is 2.41. The number of carbonyl (C=O) groups is 4. The number of carbonyl (C=O) groups excluding carboxylic acids is 4. The lowest BCUT2D eigenvalue weighted by atomic mass is 10.1.